The highest BCUT2D eigenvalue weighted by Crippen LogP contribution is 2.39. The fourth-order valence-corrected chi connectivity index (χ4v) is 6.98. The number of aliphatic hydroxyl groups excluding tert-OH is 6. The van der Waals surface area contributed by atoms with Crippen molar-refractivity contribution in [3.8, 4) is 0 Å². The predicted octanol–water partition coefficient (Wildman–Crippen LogP) is 0.640. The van der Waals surface area contributed by atoms with Crippen molar-refractivity contribution in [2.24, 2.45) is 16.7 Å². The third kappa shape index (κ3) is 9.75. The lowest BCUT2D eigenvalue weighted by molar-refractivity contribution is -0.372. The smallest absolute Gasteiger partial charge is 0.311 e. The van der Waals surface area contributed by atoms with Gasteiger partial charge in [-0.1, -0.05) is 30.7 Å². The third-order valence-electron chi connectivity index (χ3n) is 8.40. The van der Waals surface area contributed by atoms with Gasteiger partial charge in [-0.05, 0) is 56.5 Å². The molecule has 2 aliphatic heterocycles. The number of pyridine rings is 1. The third-order valence-corrected chi connectivity index (χ3v) is 10.6. The van der Waals surface area contributed by atoms with Crippen molar-refractivity contribution in [2.45, 2.75) is 108 Å². The number of esters is 2. The van der Waals surface area contributed by atoms with Crippen molar-refractivity contribution in [3.63, 3.8) is 0 Å². The Labute approximate surface area is 276 Å². The fraction of sp³-hybridized carbons (Fsp3) is 0.767. The second kappa shape index (κ2) is 17.2. The highest BCUT2D eigenvalue weighted by atomic mass is 33.1. The number of nitrogens with zero attached hydrogens (tertiary/aromatic N) is 1. The first kappa shape index (κ1) is 38.9. The normalized spacial score (nSPS) is 33.2. The van der Waals surface area contributed by atoms with E-state index in [0.717, 1.165) is 5.03 Å². The predicted molar refractivity (Wildman–Crippen MR) is 166 cm³/mol. The molecule has 2 aliphatic rings. The van der Waals surface area contributed by atoms with E-state index >= 15 is 0 Å². The first-order valence-electron chi connectivity index (χ1n) is 15.2. The zero-order chi connectivity index (χ0) is 34.2. The summed E-state index contributed by atoms with van der Waals surface area (Å²) in [4.78, 5) is 30.5. The average Bonchev–Trinajstić information content (AvgIpc) is 3.04. The Morgan fingerprint density at radius 1 is 0.913 bits per heavy atom. The Kier molecular flexibility index (Phi) is 14.5. The van der Waals surface area contributed by atoms with Crippen LogP contribution in [0.25, 0.3) is 0 Å². The topological polar surface area (TPSA) is 215 Å². The summed E-state index contributed by atoms with van der Waals surface area (Å²) in [6.07, 6.45) is -11.4. The van der Waals surface area contributed by atoms with Crippen LogP contribution in [0, 0.1) is 16.7 Å². The van der Waals surface area contributed by atoms with Crippen LogP contribution in [0.5, 0.6) is 0 Å². The molecule has 11 atom stereocenters. The molecule has 3 heterocycles. The first-order valence-corrected chi connectivity index (χ1v) is 17.5. The summed E-state index contributed by atoms with van der Waals surface area (Å²) in [6, 6.07) is 5.60. The molecule has 0 radical (unpaired) electrons. The van der Waals surface area contributed by atoms with Gasteiger partial charge in [-0.2, -0.15) is 0 Å². The number of rotatable bonds is 15. The van der Waals surface area contributed by atoms with Crippen molar-refractivity contribution in [3.05, 3.63) is 24.4 Å². The average molecular weight is 694 g/mol. The van der Waals surface area contributed by atoms with Gasteiger partial charge >= 0.3 is 11.9 Å². The van der Waals surface area contributed by atoms with E-state index in [1.54, 1.807) is 33.9 Å². The van der Waals surface area contributed by atoms with Crippen LogP contribution >= 0.6 is 21.6 Å². The van der Waals surface area contributed by atoms with E-state index in [1.165, 1.54) is 21.6 Å². The van der Waals surface area contributed by atoms with Crippen molar-refractivity contribution in [1.82, 2.24) is 4.98 Å². The van der Waals surface area contributed by atoms with Gasteiger partial charge in [-0.3, -0.25) is 9.59 Å². The molecule has 1 aromatic heterocycles. The second-order valence-electron chi connectivity index (χ2n) is 12.5. The van der Waals surface area contributed by atoms with Gasteiger partial charge in [-0.25, -0.2) is 4.98 Å². The molecule has 0 spiro atoms. The number of aliphatic hydroxyl groups is 6. The van der Waals surface area contributed by atoms with Crippen molar-refractivity contribution in [1.29, 1.82) is 0 Å². The minimum absolute atomic E-state index is 0.0921. The van der Waals surface area contributed by atoms with Crippen LogP contribution in [0.4, 0.5) is 0 Å². The Hall–Kier alpha value is -1.57. The lowest BCUT2D eigenvalue weighted by Crippen LogP contribution is -2.62. The number of carbonyl (C=O) groups excluding carboxylic acids is 2. The molecule has 2 saturated heterocycles. The van der Waals surface area contributed by atoms with E-state index in [9.17, 15) is 40.2 Å². The van der Waals surface area contributed by atoms with Crippen LogP contribution in [0.1, 0.15) is 47.5 Å². The van der Waals surface area contributed by atoms with Gasteiger partial charge in [-0.15, -0.1) is 0 Å². The maximum Gasteiger partial charge on any atom is 0.311 e. The highest BCUT2D eigenvalue weighted by Gasteiger charge is 2.50. The van der Waals surface area contributed by atoms with E-state index in [4.69, 9.17) is 23.7 Å². The summed E-state index contributed by atoms with van der Waals surface area (Å²) in [5.41, 5.74) is -2.18. The van der Waals surface area contributed by atoms with Gasteiger partial charge < -0.3 is 54.3 Å². The van der Waals surface area contributed by atoms with Crippen LogP contribution in [-0.2, 0) is 33.3 Å². The number of aromatic nitrogens is 1. The van der Waals surface area contributed by atoms with E-state index in [2.05, 4.69) is 4.98 Å². The fourth-order valence-electron chi connectivity index (χ4n) is 5.27. The number of hydrogen-bond donors (Lipinski definition) is 6. The lowest BCUT2D eigenvalue weighted by atomic mass is 9.72. The standard InChI is InChI=1S/C30H47NO13S2/c1-6-30(5,28(39)40-11-12-45-46-19-9-7-8-10-31-19)15-29(3,4)27(38)41-14-18-21(34)22(35)24(37)26(43-18)44-25-23(36)20(33)16(2)17(13-32)42-25/h7-10,16-18,20-26,32-37H,6,11-15H2,1-5H3/t16-,17-,18-,20+,21-,22+,23-,24-,25-,26-,30?/m1/s1. The number of ether oxygens (including phenoxy) is 5. The maximum atomic E-state index is 13.2. The minimum Gasteiger partial charge on any atom is -0.464 e. The molecule has 0 aliphatic carbocycles. The Bertz CT molecular complexity index is 1120. The molecule has 2 fully saturated rings. The zero-order valence-electron chi connectivity index (χ0n) is 26.6. The number of carbonyl (C=O) groups is 2. The molecule has 0 aromatic carbocycles. The van der Waals surface area contributed by atoms with Crippen LogP contribution in [0.15, 0.2) is 29.4 Å². The van der Waals surface area contributed by atoms with E-state index < -0.39 is 97.2 Å². The molecule has 16 heteroatoms. The van der Waals surface area contributed by atoms with Crippen LogP contribution in [0.3, 0.4) is 0 Å². The van der Waals surface area contributed by atoms with Gasteiger partial charge in [0.15, 0.2) is 12.6 Å². The van der Waals surface area contributed by atoms with Crippen LogP contribution < -0.4 is 0 Å². The summed E-state index contributed by atoms with van der Waals surface area (Å²) in [6.45, 7) is 7.50. The first-order chi connectivity index (χ1) is 21.6. The molecule has 0 amide bonds. The van der Waals surface area contributed by atoms with Gasteiger partial charge in [0.25, 0.3) is 0 Å². The molecule has 3 rings (SSSR count). The zero-order valence-corrected chi connectivity index (χ0v) is 28.3. The van der Waals surface area contributed by atoms with Crippen molar-refractivity contribution in [2.75, 3.05) is 25.6 Å². The maximum absolute atomic E-state index is 13.2. The monoisotopic (exact) mass is 693 g/mol. The van der Waals surface area contributed by atoms with Crippen molar-refractivity contribution >= 4 is 33.5 Å². The molecule has 14 nitrogen and oxygen atoms in total. The molecule has 1 unspecified atom stereocenters. The van der Waals surface area contributed by atoms with Crippen molar-refractivity contribution < 1.29 is 63.9 Å². The molecular formula is C30H47NO13S2. The quantitative estimate of drug-likeness (QED) is 0.0845. The molecule has 46 heavy (non-hydrogen) atoms. The van der Waals surface area contributed by atoms with E-state index in [0.29, 0.717) is 12.2 Å². The summed E-state index contributed by atoms with van der Waals surface area (Å²) >= 11 is 0. The largest absolute Gasteiger partial charge is 0.464 e. The van der Waals surface area contributed by atoms with Gasteiger partial charge in [0.1, 0.15) is 48.8 Å². The van der Waals surface area contributed by atoms with Crippen LogP contribution in [0.2, 0.25) is 0 Å². The molecule has 6 N–H and O–H groups in total. The Morgan fingerprint density at radius 2 is 1.57 bits per heavy atom. The Morgan fingerprint density at radius 3 is 2.17 bits per heavy atom. The van der Waals surface area contributed by atoms with Gasteiger partial charge in [0, 0.05) is 17.9 Å². The van der Waals surface area contributed by atoms with Gasteiger partial charge in [0.2, 0.25) is 0 Å². The molecular weight excluding hydrogens is 646 g/mol. The summed E-state index contributed by atoms with van der Waals surface area (Å²) in [5.74, 6) is -1.24. The SMILES string of the molecule is CCC(C)(CC(C)(C)C(=O)OC[C@H]1O[C@H](O[C@H]2O[C@H](CO)[C@@H](C)[C@H](O)[C@H]2O)[C@H](O)[C@@H](O)[C@@H]1O)C(=O)OCCSSc1ccccn1. The summed E-state index contributed by atoms with van der Waals surface area (Å²) in [7, 11) is 2.98. The molecule has 262 valence electrons. The highest BCUT2D eigenvalue weighted by molar-refractivity contribution is 8.76. The summed E-state index contributed by atoms with van der Waals surface area (Å²) in [5, 5.41) is 62.6. The van der Waals surface area contributed by atoms with E-state index in [1.807, 2.05) is 25.1 Å². The van der Waals surface area contributed by atoms with Gasteiger partial charge in [0.05, 0.1) is 29.6 Å². The number of hydrogen-bond acceptors (Lipinski definition) is 16. The summed E-state index contributed by atoms with van der Waals surface area (Å²) < 4.78 is 27.6. The Balaban J connectivity index is 1.54. The molecule has 1 aromatic rings. The second-order valence-corrected chi connectivity index (χ2v) is 14.9. The lowest BCUT2D eigenvalue weighted by Gasteiger charge is -2.45. The van der Waals surface area contributed by atoms with E-state index in [-0.39, 0.29) is 13.0 Å². The van der Waals surface area contributed by atoms with Crippen LogP contribution in [-0.4, -0.2) is 128 Å². The minimum atomic E-state index is -1.79. The molecule has 0 bridgehead atoms. The molecule has 0 saturated carbocycles.